The molecule has 0 unspecified atom stereocenters. The fraction of sp³-hybridized carbons (Fsp3) is 0.240. The van der Waals surface area contributed by atoms with Crippen LogP contribution in [0.25, 0.3) is 0 Å². The standard InChI is InChI=1S/C25H23F4NO2/c1-2-32-24(31)23(21-14-13-20(15-22(21)26)25(27,28)29)30(16-18-9-5-3-6-10-18)17-19-11-7-4-8-12-19/h3-15,23H,2,16-17H2,1H3/t23-/m1/s1. The maximum Gasteiger partial charge on any atom is 0.416 e. The highest BCUT2D eigenvalue weighted by Gasteiger charge is 2.35. The smallest absolute Gasteiger partial charge is 0.416 e. The lowest BCUT2D eigenvalue weighted by atomic mass is 10.0. The van der Waals surface area contributed by atoms with Crippen molar-refractivity contribution in [1.29, 1.82) is 0 Å². The van der Waals surface area contributed by atoms with Crippen LogP contribution in [0.3, 0.4) is 0 Å². The van der Waals surface area contributed by atoms with Gasteiger partial charge in [0.15, 0.2) is 0 Å². The lowest BCUT2D eigenvalue weighted by molar-refractivity contribution is -0.150. The highest BCUT2D eigenvalue weighted by Crippen LogP contribution is 2.34. The van der Waals surface area contributed by atoms with Crippen LogP contribution in [0.5, 0.6) is 0 Å². The molecule has 0 saturated carbocycles. The van der Waals surface area contributed by atoms with E-state index in [2.05, 4.69) is 0 Å². The zero-order valence-corrected chi connectivity index (χ0v) is 17.5. The van der Waals surface area contributed by atoms with E-state index >= 15 is 0 Å². The summed E-state index contributed by atoms with van der Waals surface area (Å²) in [5.74, 6) is -1.83. The van der Waals surface area contributed by atoms with Crippen LogP contribution in [-0.4, -0.2) is 17.5 Å². The van der Waals surface area contributed by atoms with Crippen molar-refractivity contribution in [3.05, 3.63) is 107 Å². The molecule has 0 radical (unpaired) electrons. The summed E-state index contributed by atoms with van der Waals surface area (Å²) in [6, 6.07) is 19.5. The zero-order valence-electron chi connectivity index (χ0n) is 17.5. The number of nitrogens with zero attached hydrogens (tertiary/aromatic N) is 1. The van der Waals surface area contributed by atoms with Gasteiger partial charge in [0.05, 0.1) is 12.2 Å². The van der Waals surface area contributed by atoms with Crippen LogP contribution in [0.4, 0.5) is 17.6 Å². The quantitative estimate of drug-likeness (QED) is 0.308. The summed E-state index contributed by atoms with van der Waals surface area (Å²) in [5, 5.41) is 0. The van der Waals surface area contributed by atoms with E-state index in [1.54, 1.807) is 11.8 Å². The second-order valence-electron chi connectivity index (χ2n) is 7.26. The highest BCUT2D eigenvalue weighted by atomic mass is 19.4. The third-order valence-electron chi connectivity index (χ3n) is 4.95. The zero-order chi connectivity index (χ0) is 23.1. The normalized spacial score (nSPS) is 12.6. The summed E-state index contributed by atoms with van der Waals surface area (Å²) in [5.41, 5.74) is 0.456. The largest absolute Gasteiger partial charge is 0.465 e. The van der Waals surface area contributed by atoms with Crippen molar-refractivity contribution >= 4 is 5.97 Å². The Hall–Kier alpha value is -3.19. The molecule has 1 atom stereocenters. The van der Waals surface area contributed by atoms with Crippen LogP contribution in [0.15, 0.2) is 78.9 Å². The average Bonchev–Trinajstić information content (AvgIpc) is 2.76. The molecule has 32 heavy (non-hydrogen) atoms. The Morgan fingerprint density at radius 2 is 1.44 bits per heavy atom. The third kappa shape index (κ3) is 5.95. The van der Waals surface area contributed by atoms with Gasteiger partial charge in [0.25, 0.3) is 0 Å². The van der Waals surface area contributed by atoms with E-state index in [-0.39, 0.29) is 25.3 Å². The molecule has 0 aliphatic heterocycles. The van der Waals surface area contributed by atoms with Gasteiger partial charge in [0.2, 0.25) is 0 Å². The summed E-state index contributed by atoms with van der Waals surface area (Å²) in [4.78, 5) is 14.6. The van der Waals surface area contributed by atoms with Crippen molar-refractivity contribution in [2.75, 3.05) is 6.61 Å². The van der Waals surface area contributed by atoms with Gasteiger partial charge < -0.3 is 4.74 Å². The molecule has 3 aromatic carbocycles. The maximum atomic E-state index is 14.9. The van der Waals surface area contributed by atoms with Gasteiger partial charge in [-0.05, 0) is 30.2 Å². The molecule has 0 heterocycles. The first-order valence-electron chi connectivity index (χ1n) is 10.1. The number of rotatable bonds is 8. The van der Waals surface area contributed by atoms with Gasteiger partial charge in [-0.1, -0.05) is 66.7 Å². The van der Waals surface area contributed by atoms with Crippen molar-refractivity contribution in [2.24, 2.45) is 0 Å². The number of esters is 1. The molecule has 7 heteroatoms. The monoisotopic (exact) mass is 445 g/mol. The molecule has 0 fully saturated rings. The van der Waals surface area contributed by atoms with E-state index in [1.807, 2.05) is 60.7 Å². The average molecular weight is 445 g/mol. The number of halogens is 4. The van der Waals surface area contributed by atoms with E-state index in [9.17, 15) is 22.4 Å². The Morgan fingerprint density at radius 3 is 1.88 bits per heavy atom. The molecule has 0 amide bonds. The summed E-state index contributed by atoms with van der Waals surface area (Å²) in [6.45, 7) is 2.21. The van der Waals surface area contributed by atoms with Gasteiger partial charge in [-0.15, -0.1) is 0 Å². The molecule has 3 rings (SSSR count). The van der Waals surface area contributed by atoms with Gasteiger partial charge in [0, 0.05) is 18.7 Å². The number of carbonyl (C=O) groups excluding carboxylic acids is 1. The first kappa shape index (κ1) is 23.5. The van der Waals surface area contributed by atoms with Gasteiger partial charge >= 0.3 is 12.1 Å². The van der Waals surface area contributed by atoms with Crippen molar-refractivity contribution in [3.63, 3.8) is 0 Å². The van der Waals surface area contributed by atoms with Gasteiger partial charge in [-0.3, -0.25) is 4.90 Å². The number of benzene rings is 3. The Bertz CT molecular complexity index is 982. The van der Waals surface area contributed by atoms with E-state index in [4.69, 9.17) is 4.74 Å². The SMILES string of the molecule is CCOC(=O)[C@@H](c1ccc(C(F)(F)F)cc1F)N(Cc1ccccc1)Cc1ccccc1. The molecule has 3 nitrogen and oxygen atoms in total. The summed E-state index contributed by atoms with van der Waals surface area (Å²) in [7, 11) is 0. The van der Waals surface area contributed by atoms with Gasteiger partial charge in [0.1, 0.15) is 11.9 Å². The van der Waals surface area contributed by atoms with Gasteiger partial charge in [-0.2, -0.15) is 13.2 Å². The fourth-order valence-electron chi connectivity index (χ4n) is 3.49. The molecule has 0 saturated heterocycles. The number of carbonyl (C=O) groups is 1. The van der Waals surface area contributed by atoms with Crippen molar-refractivity contribution < 1.29 is 27.1 Å². The predicted molar refractivity (Wildman–Crippen MR) is 113 cm³/mol. The van der Waals surface area contributed by atoms with Crippen LogP contribution >= 0.6 is 0 Å². The molecule has 0 N–H and O–H groups in total. The van der Waals surface area contributed by atoms with Crippen molar-refractivity contribution in [2.45, 2.75) is 32.2 Å². The number of alkyl halides is 3. The number of hydrogen-bond donors (Lipinski definition) is 0. The van der Waals surface area contributed by atoms with E-state index in [1.165, 1.54) is 0 Å². The summed E-state index contributed by atoms with van der Waals surface area (Å²) in [6.07, 6.45) is -4.69. The Balaban J connectivity index is 2.06. The second kappa shape index (κ2) is 10.4. The lowest BCUT2D eigenvalue weighted by Gasteiger charge is -2.31. The van der Waals surface area contributed by atoms with Crippen molar-refractivity contribution in [3.8, 4) is 0 Å². The van der Waals surface area contributed by atoms with Crippen LogP contribution in [0.1, 0.15) is 35.2 Å². The molecule has 0 spiro atoms. The Labute approximate surface area is 184 Å². The summed E-state index contributed by atoms with van der Waals surface area (Å²) >= 11 is 0. The van der Waals surface area contributed by atoms with Crippen LogP contribution in [0.2, 0.25) is 0 Å². The van der Waals surface area contributed by atoms with E-state index in [0.29, 0.717) is 6.07 Å². The third-order valence-corrected chi connectivity index (χ3v) is 4.95. The molecule has 0 aromatic heterocycles. The van der Waals surface area contributed by atoms with Gasteiger partial charge in [-0.25, -0.2) is 9.18 Å². The van der Waals surface area contributed by atoms with E-state index < -0.39 is 29.6 Å². The number of hydrogen-bond acceptors (Lipinski definition) is 3. The minimum absolute atomic E-state index is 0.0576. The maximum absolute atomic E-state index is 14.9. The van der Waals surface area contributed by atoms with Crippen LogP contribution in [0, 0.1) is 5.82 Å². The first-order chi connectivity index (χ1) is 15.3. The molecular formula is C25H23F4NO2. The highest BCUT2D eigenvalue weighted by molar-refractivity contribution is 5.78. The Morgan fingerprint density at radius 1 is 0.906 bits per heavy atom. The van der Waals surface area contributed by atoms with Crippen LogP contribution in [-0.2, 0) is 28.8 Å². The molecule has 168 valence electrons. The lowest BCUT2D eigenvalue weighted by Crippen LogP contribution is -2.35. The molecular weight excluding hydrogens is 422 g/mol. The molecule has 0 aliphatic carbocycles. The van der Waals surface area contributed by atoms with E-state index in [0.717, 1.165) is 23.3 Å². The number of ether oxygens (including phenoxy) is 1. The van der Waals surface area contributed by atoms with Crippen LogP contribution < -0.4 is 0 Å². The second-order valence-corrected chi connectivity index (χ2v) is 7.26. The fourth-order valence-corrected chi connectivity index (χ4v) is 3.49. The first-order valence-corrected chi connectivity index (χ1v) is 10.1. The minimum atomic E-state index is -4.69. The molecule has 3 aromatic rings. The Kier molecular flexibility index (Phi) is 7.64. The van der Waals surface area contributed by atoms with Crippen molar-refractivity contribution in [1.82, 2.24) is 4.90 Å². The minimum Gasteiger partial charge on any atom is -0.465 e. The predicted octanol–water partition coefficient (Wildman–Crippen LogP) is 6.15. The topological polar surface area (TPSA) is 29.5 Å². The molecule has 0 aliphatic rings. The molecule has 0 bridgehead atoms. The summed E-state index contributed by atoms with van der Waals surface area (Å²) < 4.78 is 59.3.